The van der Waals surface area contributed by atoms with Gasteiger partial charge in [-0.05, 0) is 31.4 Å². The average Bonchev–Trinajstić information content (AvgIpc) is 2.68. The Kier molecular flexibility index (Phi) is 5.85. The molecule has 27 heavy (non-hydrogen) atoms. The summed E-state index contributed by atoms with van der Waals surface area (Å²) in [5.41, 5.74) is 7.73. The molecule has 0 heterocycles. The highest BCUT2D eigenvalue weighted by atomic mass is 16.5. The third-order valence-corrected chi connectivity index (χ3v) is 4.82. The Hall–Kier alpha value is -2.74. The van der Waals surface area contributed by atoms with Crippen molar-refractivity contribution in [2.45, 2.75) is 33.6 Å². The Bertz CT molecular complexity index is 907. The van der Waals surface area contributed by atoms with E-state index in [1.54, 1.807) is 14.2 Å². The molecule has 2 nitrogen and oxygen atoms in total. The van der Waals surface area contributed by atoms with Crippen molar-refractivity contribution in [2.24, 2.45) is 0 Å². The fourth-order valence-corrected chi connectivity index (χ4v) is 3.40. The van der Waals surface area contributed by atoms with E-state index in [-0.39, 0.29) is 0 Å². The molecule has 0 aromatic heterocycles. The Labute approximate surface area is 162 Å². The van der Waals surface area contributed by atoms with Gasteiger partial charge in [0.05, 0.1) is 19.8 Å². The standard InChI is InChI=1S/C25H27O2/c1-6-7-21-16-22(19-12-8-17(2)9-13-19)25(27-5)23(24(21)26-4)20-14-10-18(3)11-15-20/h8-15H,6-7H2,1-5H3. The van der Waals surface area contributed by atoms with Crippen molar-refractivity contribution in [3.05, 3.63) is 71.3 Å². The topological polar surface area (TPSA) is 18.5 Å². The van der Waals surface area contributed by atoms with Crippen LogP contribution in [0.5, 0.6) is 11.5 Å². The first-order chi connectivity index (χ1) is 13.1. The number of ether oxygens (including phenoxy) is 2. The number of hydrogen-bond donors (Lipinski definition) is 0. The Morgan fingerprint density at radius 3 is 1.74 bits per heavy atom. The summed E-state index contributed by atoms with van der Waals surface area (Å²) in [5, 5.41) is 0. The molecule has 0 unspecified atom stereocenters. The maximum atomic E-state index is 5.91. The van der Waals surface area contributed by atoms with Crippen molar-refractivity contribution in [2.75, 3.05) is 14.2 Å². The lowest BCUT2D eigenvalue weighted by Crippen LogP contribution is -2.01. The van der Waals surface area contributed by atoms with E-state index in [1.165, 1.54) is 11.1 Å². The van der Waals surface area contributed by atoms with Crippen LogP contribution in [0.3, 0.4) is 0 Å². The van der Waals surface area contributed by atoms with Crippen molar-refractivity contribution < 1.29 is 9.47 Å². The summed E-state index contributed by atoms with van der Waals surface area (Å²) in [5.74, 6) is 1.66. The molecule has 2 heteroatoms. The predicted molar refractivity (Wildman–Crippen MR) is 113 cm³/mol. The SMILES string of the molecule is CCCc1[c]c(-c2ccc(C)cc2)c(OC)c(-c2ccc(C)cc2)c1OC. The highest BCUT2D eigenvalue weighted by molar-refractivity contribution is 5.87. The molecule has 0 N–H and O–H groups in total. The van der Waals surface area contributed by atoms with Crippen molar-refractivity contribution in [3.8, 4) is 33.8 Å². The summed E-state index contributed by atoms with van der Waals surface area (Å²) in [4.78, 5) is 0. The van der Waals surface area contributed by atoms with Gasteiger partial charge in [0, 0.05) is 17.2 Å². The average molecular weight is 359 g/mol. The van der Waals surface area contributed by atoms with Gasteiger partial charge in [0.1, 0.15) is 11.5 Å². The van der Waals surface area contributed by atoms with Gasteiger partial charge >= 0.3 is 0 Å². The second kappa shape index (κ2) is 8.30. The first-order valence-corrected chi connectivity index (χ1v) is 9.43. The normalized spacial score (nSPS) is 10.7. The van der Waals surface area contributed by atoms with E-state index in [9.17, 15) is 0 Å². The van der Waals surface area contributed by atoms with Crippen LogP contribution in [0.15, 0.2) is 48.5 Å². The minimum Gasteiger partial charge on any atom is -0.496 e. The molecular weight excluding hydrogens is 332 g/mol. The van der Waals surface area contributed by atoms with Gasteiger partial charge in [-0.3, -0.25) is 0 Å². The lowest BCUT2D eigenvalue weighted by atomic mass is 9.91. The van der Waals surface area contributed by atoms with Crippen LogP contribution in [-0.2, 0) is 6.42 Å². The van der Waals surface area contributed by atoms with Gasteiger partial charge in [-0.15, -0.1) is 0 Å². The van der Waals surface area contributed by atoms with Crippen LogP contribution in [0.4, 0.5) is 0 Å². The number of aryl methyl sites for hydroxylation is 3. The lowest BCUT2D eigenvalue weighted by Gasteiger charge is -2.21. The van der Waals surface area contributed by atoms with Gasteiger partial charge in [0.15, 0.2) is 0 Å². The van der Waals surface area contributed by atoms with Crippen LogP contribution in [0.2, 0.25) is 0 Å². The molecule has 3 rings (SSSR count). The quantitative estimate of drug-likeness (QED) is 0.506. The van der Waals surface area contributed by atoms with Crippen molar-refractivity contribution in [3.63, 3.8) is 0 Å². The second-order valence-electron chi connectivity index (χ2n) is 6.90. The highest BCUT2D eigenvalue weighted by Crippen LogP contribution is 2.47. The van der Waals surface area contributed by atoms with Gasteiger partial charge < -0.3 is 9.47 Å². The summed E-state index contributed by atoms with van der Waals surface area (Å²) in [7, 11) is 3.45. The van der Waals surface area contributed by atoms with Crippen LogP contribution >= 0.6 is 0 Å². The summed E-state index contributed by atoms with van der Waals surface area (Å²) < 4.78 is 11.8. The minimum absolute atomic E-state index is 0.805. The molecule has 0 aliphatic heterocycles. The van der Waals surface area contributed by atoms with E-state index in [0.717, 1.165) is 52.2 Å². The van der Waals surface area contributed by atoms with Crippen molar-refractivity contribution in [1.82, 2.24) is 0 Å². The fourth-order valence-electron chi connectivity index (χ4n) is 3.40. The largest absolute Gasteiger partial charge is 0.496 e. The smallest absolute Gasteiger partial charge is 0.138 e. The highest BCUT2D eigenvalue weighted by Gasteiger charge is 2.22. The molecular formula is C25H27O2. The van der Waals surface area contributed by atoms with Crippen molar-refractivity contribution >= 4 is 0 Å². The van der Waals surface area contributed by atoms with Gasteiger partial charge in [-0.1, -0.05) is 73.0 Å². The molecule has 3 aromatic carbocycles. The van der Waals surface area contributed by atoms with E-state index < -0.39 is 0 Å². The predicted octanol–water partition coefficient (Wildman–Crippen LogP) is 6.41. The molecule has 0 saturated carbocycles. The number of methoxy groups -OCH3 is 2. The first kappa shape index (κ1) is 19.0. The third-order valence-electron chi connectivity index (χ3n) is 4.82. The molecule has 0 spiro atoms. The number of hydrogen-bond acceptors (Lipinski definition) is 2. The van der Waals surface area contributed by atoms with E-state index in [0.29, 0.717) is 0 Å². The molecule has 0 fully saturated rings. The number of benzene rings is 3. The summed E-state index contributed by atoms with van der Waals surface area (Å²) in [6, 6.07) is 20.6. The van der Waals surface area contributed by atoms with Crippen LogP contribution in [-0.4, -0.2) is 14.2 Å². The Morgan fingerprint density at radius 2 is 1.26 bits per heavy atom. The van der Waals surface area contributed by atoms with Crippen molar-refractivity contribution in [1.29, 1.82) is 0 Å². The number of rotatable bonds is 6. The van der Waals surface area contributed by atoms with E-state index in [4.69, 9.17) is 9.47 Å². The van der Waals surface area contributed by atoms with Gasteiger partial charge in [-0.2, -0.15) is 0 Å². The van der Waals surface area contributed by atoms with Crippen LogP contribution < -0.4 is 9.47 Å². The maximum absolute atomic E-state index is 5.91. The van der Waals surface area contributed by atoms with Gasteiger partial charge in [0.25, 0.3) is 0 Å². The van der Waals surface area contributed by atoms with E-state index >= 15 is 0 Å². The maximum Gasteiger partial charge on any atom is 0.138 e. The van der Waals surface area contributed by atoms with E-state index in [2.05, 4.69) is 75.4 Å². The monoisotopic (exact) mass is 359 g/mol. The zero-order chi connectivity index (χ0) is 19.4. The third kappa shape index (κ3) is 3.85. The minimum atomic E-state index is 0.805. The Morgan fingerprint density at radius 1 is 0.741 bits per heavy atom. The molecule has 0 amide bonds. The van der Waals surface area contributed by atoms with Crippen LogP contribution in [0.1, 0.15) is 30.0 Å². The second-order valence-corrected chi connectivity index (χ2v) is 6.90. The molecule has 139 valence electrons. The van der Waals surface area contributed by atoms with Crippen LogP contribution in [0, 0.1) is 19.9 Å². The molecule has 0 aliphatic rings. The first-order valence-electron chi connectivity index (χ1n) is 9.43. The summed E-state index contributed by atoms with van der Waals surface area (Å²) in [6.07, 6.45) is 1.94. The summed E-state index contributed by atoms with van der Waals surface area (Å²) in [6.45, 7) is 6.37. The van der Waals surface area contributed by atoms with Gasteiger partial charge in [-0.25, -0.2) is 0 Å². The molecule has 0 bridgehead atoms. The lowest BCUT2D eigenvalue weighted by molar-refractivity contribution is 0.394. The van der Waals surface area contributed by atoms with E-state index in [1.807, 2.05) is 0 Å². The zero-order valence-corrected chi connectivity index (χ0v) is 16.8. The molecule has 3 aromatic rings. The van der Waals surface area contributed by atoms with Gasteiger partial charge in [0.2, 0.25) is 0 Å². The Balaban J connectivity index is 2.34. The molecule has 0 saturated heterocycles. The van der Waals surface area contributed by atoms with Crippen LogP contribution in [0.25, 0.3) is 22.3 Å². The zero-order valence-electron chi connectivity index (χ0n) is 16.8. The summed E-state index contributed by atoms with van der Waals surface area (Å²) >= 11 is 0. The molecule has 0 aliphatic carbocycles. The fraction of sp³-hybridized carbons (Fsp3) is 0.280. The molecule has 1 radical (unpaired) electrons. The molecule has 0 atom stereocenters.